The van der Waals surface area contributed by atoms with Crippen molar-refractivity contribution in [3.05, 3.63) is 82.2 Å². The molecule has 1 fully saturated rings. The lowest BCUT2D eigenvalue weighted by atomic mass is 10.1. The molecule has 2 aromatic carbocycles. The van der Waals surface area contributed by atoms with E-state index in [4.69, 9.17) is 4.74 Å². The molecule has 190 valence electrons. The van der Waals surface area contributed by atoms with E-state index in [1.165, 1.54) is 18.2 Å². The molecule has 0 radical (unpaired) electrons. The van der Waals surface area contributed by atoms with Gasteiger partial charge >= 0.3 is 5.97 Å². The molecule has 1 aromatic heterocycles. The number of halogens is 1. The smallest absolute Gasteiger partial charge is 0.328 e. The van der Waals surface area contributed by atoms with Crippen LogP contribution in [0.25, 0.3) is 10.4 Å². The Hall–Kier alpha value is -3.15. The van der Waals surface area contributed by atoms with Gasteiger partial charge < -0.3 is 4.74 Å². The van der Waals surface area contributed by atoms with Gasteiger partial charge in [-0.15, -0.1) is 11.3 Å². The number of carbonyl (C=O) groups is 1. The van der Waals surface area contributed by atoms with E-state index < -0.39 is 49.5 Å². The van der Waals surface area contributed by atoms with Crippen molar-refractivity contribution in [2.45, 2.75) is 49.0 Å². The van der Waals surface area contributed by atoms with Gasteiger partial charge in [-0.2, -0.15) is 4.72 Å². The van der Waals surface area contributed by atoms with Crippen LogP contribution in [0, 0.1) is 21.8 Å². The second-order valence-electron chi connectivity index (χ2n) is 9.69. The minimum Gasteiger partial charge on any atom is -0.459 e. The van der Waals surface area contributed by atoms with Gasteiger partial charge in [-0.05, 0) is 56.5 Å². The number of esters is 1. The van der Waals surface area contributed by atoms with E-state index in [2.05, 4.69) is 4.72 Å². The van der Waals surface area contributed by atoms with Crippen molar-refractivity contribution in [1.29, 1.82) is 0 Å². The van der Waals surface area contributed by atoms with Gasteiger partial charge in [-0.25, -0.2) is 17.6 Å². The highest BCUT2D eigenvalue weighted by atomic mass is 32.2. The van der Waals surface area contributed by atoms with Crippen molar-refractivity contribution in [3.8, 4) is 10.4 Å². The van der Waals surface area contributed by atoms with Crippen LogP contribution in [-0.2, 0) is 19.6 Å². The second-order valence-corrected chi connectivity index (χ2v) is 12.7. The van der Waals surface area contributed by atoms with Crippen LogP contribution in [0.3, 0.4) is 0 Å². The Morgan fingerprint density at radius 2 is 1.81 bits per heavy atom. The molecule has 8 nitrogen and oxygen atoms in total. The molecule has 0 aliphatic heterocycles. The third-order valence-electron chi connectivity index (χ3n) is 6.07. The lowest BCUT2D eigenvalue weighted by molar-refractivity contribution is -0.384. The lowest BCUT2D eigenvalue weighted by Gasteiger charge is -2.25. The largest absolute Gasteiger partial charge is 0.459 e. The minimum absolute atomic E-state index is 0.0941. The van der Waals surface area contributed by atoms with E-state index in [0.29, 0.717) is 0 Å². The van der Waals surface area contributed by atoms with Gasteiger partial charge in [0.25, 0.3) is 15.7 Å². The van der Waals surface area contributed by atoms with Crippen LogP contribution in [-0.4, -0.2) is 30.5 Å². The van der Waals surface area contributed by atoms with Gasteiger partial charge in [0.1, 0.15) is 21.2 Å². The zero-order valence-electron chi connectivity index (χ0n) is 20.0. The van der Waals surface area contributed by atoms with Crippen LogP contribution < -0.4 is 4.72 Å². The van der Waals surface area contributed by atoms with Gasteiger partial charge in [0.2, 0.25) is 0 Å². The summed E-state index contributed by atoms with van der Waals surface area (Å²) in [5, 5.41) is 11.4. The van der Waals surface area contributed by atoms with Crippen LogP contribution in [0.2, 0.25) is 0 Å². The second kappa shape index (κ2) is 9.06. The zero-order valence-corrected chi connectivity index (χ0v) is 21.7. The number of hydrogen-bond donors (Lipinski definition) is 1. The fraction of sp³-hybridized carbons (Fsp3) is 0.320. The maximum absolute atomic E-state index is 13.6. The van der Waals surface area contributed by atoms with E-state index >= 15 is 0 Å². The first-order chi connectivity index (χ1) is 16.8. The SMILES string of the molecule is C[C@@H]1[C@H](c2ccccc2)[C@]1(NS(=O)(=O)c1ccc(-c2ccc(F)cc2[N+](=O)[O-])s1)C(=O)OC(C)(C)C. The molecule has 0 amide bonds. The first-order valence-electron chi connectivity index (χ1n) is 11.1. The van der Waals surface area contributed by atoms with E-state index in [1.54, 1.807) is 27.7 Å². The summed E-state index contributed by atoms with van der Waals surface area (Å²) in [6.45, 7) is 6.91. The van der Waals surface area contributed by atoms with Gasteiger partial charge in [0.05, 0.1) is 16.6 Å². The maximum Gasteiger partial charge on any atom is 0.328 e. The molecule has 1 aliphatic rings. The number of hydrogen-bond acceptors (Lipinski definition) is 7. The number of carbonyl (C=O) groups excluding carboxylic acids is 1. The molecular weight excluding hydrogens is 507 g/mol. The number of thiophene rings is 1. The molecule has 1 heterocycles. The molecular formula is C25H25FN2O6S2. The van der Waals surface area contributed by atoms with Gasteiger partial charge in [-0.1, -0.05) is 37.3 Å². The molecule has 11 heteroatoms. The topological polar surface area (TPSA) is 116 Å². The molecule has 0 saturated heterocycles. The molecule has 36 heavy (non-hydrogen) atoms. The highest BCUT2D eigenvalue weighted by Crippen LogP contribution is 2.59. The molecule has 0 unspecified atom stereocenters. The Kier molecular flexibility index (Phi) is 6.52. The first-order valence-corrected chi connectivity index (χ1v) is 13.4. The molecule has 1 aliphatic carbocycles. The molecule has 4 rings (SSSR count). The number of sulfonamides is 1. The molecule has 1 saturated carbocycles. The first kappa shape index (κ1) is 25.9. The van der Waals surface area contributed by atoms with Crippen LogP contribution in [0.5, 0.6) is 0 Å². The Morgan fingerprint density at radius 1 is 1.14 bits per heavy atom. The summed E-state index contributed by atoms with van der Waals surface area (Å²) in [7, 11) is -4.23. The van der Waals surface area contributed by atoms with Gasteiger partial charge in [-0.3, -0.25) is 10.1 Å². The van der Waals surface area contributed by atoms with Crippen molar-refractivity contribution in [1.82, 2.24) is 4.72 Å². The van der Waals surface area contributed by atoms with Crippen molar-refractivity contribution in [2.24, 2.45) is 5.92 Å². The summed E-state index contributed by atoms with van der Waals surface area (Å²) < 4.78 is 48.7. The molecule has 0 spiro atoms. The number of rotatable bonds is 7. The van der Waals surface area contributed by atoms with Crippen LogP contribution >= 0.6 is 11.3 Å². The highest BCUT2D eigenvalue weighted by molar-refractivity contribution is 7.91. The fourth-order valence-electron chi connectivity index (χ4n) is 4.39. The quantitative estimate of drug-likeness (QED) is 0.252. The van der Waals surface area contributed by atoms with E-state index in [0.717, 1.165) is 29.0 Å². The number of nitrogens with one attached hydrogen (secondary N) is 1. The monoisotopic (exact) mass is 532 g/mol. The summed E-state index contributed by atoms with van der Waals surface area (Å²) >= 11 is 0.792. The number of nitro benzene ring substituents is 1. The van der Waals surface area contributed by atoms with E-state index in [9.17, 15) is 27.7 Å². The average molecular weight is 533 g/mol. The summed E-state index contributed by atoms with van der Waals surface area (Å²) in [6.07, 6.45) is 0. The molecule has 0 bridgehead atoms. The molecule has 3 aromatic rings. The Balaban J connectivity index is 1.71. The zero-order chi connectivity index (χ0) is 26.5. The Bertz CT molecular complexity index is 1430. The Morgan fingerprint density at radius 3 is 2.42 bits per heavy atom. The standard InChI is InChI=1S/C25H25FN2O6S2/c1-15-22(16-8-6-5-7-9-16)25(15,23(29)34-24(2,3)4)27-36(32,33)21-13-12-20(35-21)18-11-10-17(26)14-19(18)28(30)31/h5-15,22,27H,1-4H3/t15-,22-,25+/m1/s1. The number of benzene rings is 2. The Labute approximate surface area is 212 Å². The summed E-state index contributed by atoms with van der Waals surface area (Å²) in [5.41, 5.74) is -1.93. The number of nitrogens with zero attached hydrogens (tertiary/aromatic N) is 1. The van der Waals surface area contributed by atoms with Crippen LogP contribution in [0.4, 0.5) is 10.1 Å². The van der Waals surface area contributed by atoms with Crippen molar-refractivity contribution >= 4 is 33.0 Å². The van der Waals surface area contributed by atoms with Gasteiger partial charge in [0.15, 0.2) is 0 Å². The van der Waals surface area contributed by atoms with E-state index in [-0.39, 0.29) is 20.6 Å². The summed E-state index contributed by atoms with van der Waals surface area (Å²) in [6, 6.07) is 14.9. The van der Waals surface area contributed by atoms with E-state index in [1.807, 2.05) is 30.3 Å². The number of nitro groups is 1. The highest BCUT2D eigenvalue weighted by Gasteiger charge is 2.71. The maximum atomic E-state index is 13.6. The third kappa shape index (κ3) is 4.78. The molecule has 3 atom stereocenters. The summed E-state index contributed by atoms with van der Waals surface area (Å²) in [5.74, 6) is -2.28. The number of ether oxygens (including phenoxy) is 1. The van der Waals surface area contributed by atoms with Crippen LogP contribution in [0.15, 0.2) is 64.9 Å². The minimum atomic E-state index is -4.23. The van der Waals surface area contributed by atoms with Crippen molar-refractivity contribution in [3.63, 3.8) is 0 Å². The average Bonchev–Trinajstić information content (AvgIpc) is 3.13. The third-order valence-corrected chi connectivity index (χ3v) is 9.16. The molecule has 1 N–H and O–H groups in total. The predicted molar refractivity (Wildman–Crippen MR) is 134 cm³/mol. The fourth-order valence-corrected chi connectivity index (χ4v) is 7.19. The van der Waals surface area contributed by atoms with Crippen molar-refractivity contribution < 1.29 is 27.3 Å². The lowest BCUT2D eigenvalue weighted by Crippen LogP contribution is -2.48. The normalized spacial score (nSPS) is 21.7. The summed E-state index contributed by atoms with van der Waals surface area (Å²) in [4.78, 5) is 24.3. The van der Waals surface area contributed by atoms with Gasteiger partial charge in [0, 0.05) is 10.8 Å². The predicted octanol–water partition coefficient (Wildman–Crippen LogP) is 5.25. The van der Waals surface area contributed by atoms with Crippen LogP contribution in [0.1, 0.15) is 39.2 Å². The van der Waals surface area contributed by atoms with Crippen molar-refractivity contribution in [2.75, 3.05) is 0 Å².